The van der Waals surface area contributed by atoms with E-state index in [4.69, 9.17) is 16.7 Å². The van der Waals surface area contributed by atoms with Gasteiger partial charge in [-0.25, -0.2) is 9.18 Å². The van der Waals surface area contributed by atoms with Crippen LogP contribution in [0.4, 0.5) is 4.39 Å². The maximum atomic E-state index is 13.4. The number of rotatable bonds is 3. The maximum absolute atomic E-state index is 13.4. The largest absolute Gasteiger partial charge is 0.479 e. The fraction of sp³-hybridized carbons (Fsp3) is 0.300. The molecule has 0 aliphatic carbocycles. The van der Waals surface area contributed by atoms with E-state index in [0.29, 0.717) is 0 Å². The van der Waals surface area contributed by atoms with Crippen LogP contribution in [0, 0.1) is 5.82 Å². The minimum atomic E-state index is -1.99. The fourth-order valence-corrected chi connectivity index (χ4v) is 1.33. The van der Waals surface area contributed by atoms with Crippen molar-refractivity contribution >= 4 is 17.6 Å². The molecule has 5 heteroatoms. The Bertz CT molecular complexity index is 390. The number of hydrogen-bond donors (Lipinski definition) is 2. The molecule has 0 saturated carbocycles. The van der Waals surface area contributed by atoms with Gasteiger partial charge < -0.3 is 10.2 Å². The normalized spacial score (nSPS) is 14.7. The van der Waals surface area contributed by atoms with Crippen molar-refractivity contribution in [1.82, 2.24) is 0 Å². The second kappa shape index (κ2) is 4.16. The highest BCUT2D eigenvalue weighted by Crippen LogP contribution is 2.22. The molecule has 0 amide bonds. The van der Waals surface area contributed by atoms with Crippen LogP contribution in [0.1, 0.15) is 12.5 Å². The van der Waals surface area contributed by atoms with E-state index in [2.05, 4.69) is 0 Å². The van der Waals surface area contributed by atoms with Crippen LogP contribution in [-0.2, 0) is 11.2 Å². The maximum Gasteiger partial charge on any atom is 0.335 e. The molecule has 0 spiro atoms. The van der Waals surface area contributed by atoms with E-state index in [1.54, 1.807) is 0 Å². The van der Waals surface area contributed by atoms with Crippen molar-refractivity contribution in [1.29, 1.82) is 0 Å². The highest BCUT2D eigenvalue weighted by Gasteiger charge is 2.31. The van der Waals surface area contributed by atoms with Crippen LogP contribution in [0.25, 0.3) is 0 Å². The van der Waals surface area contributed by atoms with Gasteiger partial charge in [0.25, 0.3) is 0 Å². The zero-order valence-corrected chi connectivity index (χ0v) is 8.75. The first-order valence-electron chi connectivity index (χ1n) is 4.23. The summed E-state index contributed by atoms with van der Waals surface area (Å²) in [5, 5.41) is 18.0. The van der Waals surface area contributed by atoms with Crippen molar-refractivity contribution in [3.8, 4) is 0 Å². The minimum absolute atomic E-state index is 0.0786. The predicted octanol–water partition coefficient (Wildman–Crippen LogP) is 1.86. The topological polar surface area (TPSA) is 57.5 Å². The van der Waals surface area contributed by atoms with E-state index in [9.17, 15) is 14.3 Å². The highest BCUT2D eigenvalue weighted by atomic mass is 35.5. The van der Waals surface area contributed by atoms with Crippen LogP contribution in [0.2, 0.25) is 5.02 Å². The van der Waals surface area contributed by atoms with E-state index in [-0.39, 0.29) is 17.0 Å². The fourth-order valence-electron chi connectivity index (χ4n) is 1.13. The highest BCUT2D eigenvalue weighted by molar-refractivity contribution is 6.30. The Morgan fingerprint density at radius 1 is 1.60 bits per heavy atom. The molecule has 0 aromatic heterocycles. The van der Waals surface area contributed by atoms with Crippen LogP contribution in [0.3, 0.4) is 0 Å². The lowest BCUT2D eigenvalue weighted by molar-refractivity contribution is -0.156. The van der Waals surface area contributed by atoms with Crippen LogP contribution in [-0.4, -0.2) is 21.8 Å². The van der Waals surface area contributed by atoms with Crippen LogP contribution in [0.5, 0.6) is 0 Å². The molecular weight excluding hydrogens is 223 g/mol. The number of carboxylic acids is 1. The lowest BCUT2D eigenvalue weighted by Gasteiger charge is -2.18. The zero-order valence-electron chi connectivity index (χ0n) is 8.00. The first kappa shape index (κ1) is 11.9. The molecule has 0 heterocycles. The standard InChI is InChI=1S/C10H10ClFO3/c1-10(15,9(13)14)5-6-3-2-4-7(11)8(6)12/h2-4,15H,5H2,1H3,(H,13,14). The Morgan fingerprint density at radius 2 is 2.20 bits per heavy atom. The third kappa shape index (κ3) is 2.67. The number of hydrogen-bond acceptors (Lipinski definition) is 2. The summed E-state index contributed by atoms with van der Waals surface area (Å²) in [4.78, 5) is 10.6. The summed E-state index contributed by atoms with van der Waals surface area (Å²) in [6.45, 7) is 1.11. The quantitative estimate of drug-likeness (QED) is 0.836. The van der Waals surface area contributed by atoms with E-state index in [1.165, 1.54) is 18.2 Å². The molecule has 1 unspecified atom stereocenters. The molecule has 0 radical (unpaired) electrons. The molecule has 0 aliphatic heterocycles. The summed E-state index contributed by atoms with van der Waals surface area (Å²) in [5.74, 6) is -2.09. The zero-order chi connectivity index (χ0) is 11.6. The van der Waals surface area contributed by atoms with E-state index >= 15 is 0 Å². The number of aliphatic hydroxyl groups is 1. The summed E-state index contributed by atoms with van der Waals surface area (Å²) < 4.78 is 13.4. The Labute approximate surface area is 91.1 Å². The molecule has 0 aliphatic rings. The Hall–Kier alpha value is -1.13. The molecule has 82 valence electrons. The third-order valence-electron chi connectivity index (χ3n) is 2.03. The molecule has 1 aromatic carbocycles. The van der Waals surface area contributed by atoms with Crippen LogP contribution < -0.4 is 0 Å². The summed E-state index contributed by atoms with van der Waals surface area (Å²) in [6.07, 6.45) is -0.325. The number of halogens is 2. The van der Waals surface area contributed by atoms with Crippen molar-refractivity contribution in [2.45, 2.75) is 18.9 Å². The number of carbonyl (C=O) groups is 1. The van der Waals surface area contributed by atoms with Gasteiger partial charge in [-0.1, -0.05) is 23.7 Å². The Morgan fingerprint density at radius 3 is 2.73 bits per heavy atom. The Kier molecular flexibility index (Phi) is 3.31. The van der Waals surface area contributed by atoms with Gasteiger partial charge in [-0.2, -0.15) is 0 Å². The summed E-state index contributed by atoms with van der Waals surface area (Å²) >= 11 is 5.52. The van der Waals surface area contributed by atoms with Gasteiger partial charge in [-0.05, 0) is 18.6 Å². The molecule has 3 nitrogen and oxygen atoms in total. The predicted molar refractivity (Wildman–Crippen MR) is 53.4 cm³/mol. The second-order valence-electron chi connectivity index (χ2n) is 3.47. The number of carboxylic acid groups (broad SMARTS) is 1. The molecule has 0 bridgehead atoms. The monoisotopic (exact) mass is 232 g/mol. The van der Waals surface area contributed by atoms with Gasteiger partial charge in [0.05, 0.1) is 5.02 Å². The minimum Gasteiger partial charge on any atom is -0.479 e. The summed E-state index contributed by atoms with van der Waals surface area (Å²) in [7, 11) is 0. The van der Waals surface area contributed by atoms with Crippen molar-refractivity contribution < 1.29 is 19.4 Å². The average Bonchev–Trinajstić information content (AvgIpc) is 2.12. The second-order valence-corrected chi connectivity index (χ2v) is 3.88. The first-order valence-corrected chi connectivity index (χ1v) is 4.61. The molecule has 2 N–H and O–H groups in total. The van der Waals surface area contributed by atoms with Crippen molar-refractivity contribution in [2.75, 3.05) is 0 Å². The molecule has 15 heavy (non-hydrogen) atoms. The van der Waals surface area contributed by atoms with E-state index in [1.807, 2.05) is 0 Å². The number of benzene rings is 1. The van der Waals surface area contributed by atoms with Crippen LogP contribution >= 0.6 is 11.6 Å². The SMILES string of the molecule is CC(O)(Cc1cccc(Cl)c1F)C(=O)O. The van der Waals surface area contributed by atoms with E-state index < -0.39 is 17.4 Å². The Balaban J connectivity index is 3.00. The third-order valence-corrected chi connectivity index (χ3v) is 2.32. The van der Waals surface area contributed by atoms with Gasteiger partial charge in [0, 0.05) is 6.42 Å². The van der Waals surface area contributed by atoms with E-state index in [0.717, 1.165) is 6.92 Å². The molecule has 1 atom stereocenters. The average molecular weight is 233 g/mol. The van der Waals surface area contributed by atoms with Gasteiger partial charge in [0.2, 0.25) is 0 Å². The van der Waals surface area contributed by atoms with Crippen molar-refractivity contribution in [3.05, 3.63) is 34.6 Å². The number of aliphatic carboxylic acids is 1. The van der Waals surface area contributed by atoms with Gasteiger partial charge in [-0.3, -0.25) is 0 Å². The summed E-state index contributed by atoms with van der Waals surface area (Å²) in [6, 6.07) is 4.24. The molecule has 1 aromatic rings. The molecule has 1 rings (SSSR count). The van der Waals surface area contributed by atoms with Crippen molar-refractivity contribution in [3.63, 3.8) is 0 Å². The molecule has 0 fully saturated rings. The smallest absolute Gasteiger partial charge is 0.335 e. The first-order chi connectivity index (χ1) is 6.84. The summed E-state index contributed by atoms with van der Waals surface area (Å²) in [5.41, 5.74) is -1.92. The van der Waals surface area contributed by atoms with Crippen LogP contribution in [0.15, 0.2) is 18.2 Å². The van der Waals surface area contributed by atoms with Gasteiger partial charge >= 0.3 is 5.97 Å². The molecular formula is C10H10ClFO3. The lowest BCUT2D eigenvalue weighted by Crippen LogP contribution is -2.37. The lowest BCUT2D eigenvalue weighted by atomic mass is 9.96. The molecule has 0 saturated heterocycles. The van der Waals surface area contributed by atoms with Gasteiger partial charge in [0.1, 0.15) is 5.82 Å². The van der Waals surface area contributed by atoms with Crippen molar-refractivity contribution in [2.24, 2.45) is 0 Å². The van der Waals surface area contributed by atoms with Gasteiger partial charge in [0.15, 0.2) is 5.60 Å². The van der Waals surface area contributed by atoms with Gasteiger partial charge in [-0.15, -0.1) is 0 Å².